The van der Waals surface area contributed by atoms with Crippen LogP contribution in [-0.2, 0) is 9.67 Å². The summed E-state index contributed by atoms with van der Waals surface area (Å²) in [5, 5.41) is 6.05. The number of halogens is 1. The lowest BCUT2D eigenvalue weighted by atomic mass is 9.90. The number of hydrogen-bond donors (Lipinski definition) is 0. The van der Waals surface area contributed by atoms with Crippen LogP contribution in [0.2, 0.25) is 0 Å². The van der Waals surface area contributed by atoms with Crippen LogP contribution in [-0.4, -0.2) is 16.3 Å². The molecule has 2 aromatic rings. The molecule has 1 aliphatic heterocycles. The highest BCUT2D eigenvalue weighted by molar-refractivity contribution is 9.10. The fraction of sp³-hybridized carbons (Fsp3) is 0.474. The van der Waals surface area contributed by atoms with Gasteiger partial charge in [0, 0.05) is 15.7 Å². The van der Waals surface area contributed by atoms with Crippen LogP contribution in [0.5, 0.6) is 0 Å². The second-order valence-electron chi connectivity index (χ2n) is 6.92. The molecule has 1 aromatic heterocycles. The lowest BCUT2D eigenvalue weighted by Crippen LogP contribution is -2.36. The fourth-order valence-electron chi connectivity index (χ4n) is 3.68. The molecule has 0 radical (unpaired) electrons. The van der Waals surface area contributed by atoms with Crippen LogP contribution >= 0.6 is 27.7 Å². The number of fused-ring (bicyclic) bond motifs is 1. The number of thioether (sulfide) groups is 1. The summed E-state index contributed by atoms with van der Waals surface area (Å²) >= 11 is 5.03. The number of ether oxygens (including phenoxy) is 1. The van der Waals surface area contributed by atoms with Crippen molar-refractivity contribution in [3.05, 3.63) is 56.1 Å². The van der Waals surface area contributed by atoms with Crippen molar-refractivity contribution in [3.8, 4) is 0 Å². The van der Waals surface area contributed by atoms with Gasteiger partial charge in [-0.1, -0.05) is 64.2 Å². The van der Waals surface area contributed by atoms with Gasteiger partial charge in [0.2, 0.25) is 10.8 Å². The van der Waals surface area contributed by atoms with E-state index in [4.69, 9.17) is 9.26 Å². The molecule has 0 spiro atoms. The van der Waals surface area contributed by atoms with Crippen molar-refractivity contribution in [2.45, 2.75) is 44.0 Å². The lowest BCUT2D eigenvalue weighted by Gasteiger charge is -2.35. The third kappa shape index (κ3) is 3.21. The molecule has 1 fully saturated rings. The molecule has 1 atom stereocenters. The minimum absolute atomic E-state index is 0.475. The van der Waals surface area contributed by atoms with Crippen molar-refractivity contribution in [2.24, 2.45) is 5.92 Å². The lowest BCUT2D eigenvalue weighted by molar-refractivity contribution is 0.0118. The first kappa shape index (κ1) is 18.1. The summed E-state index contributed by atoms with van der Waals surface area (Å²) in [7, 11) is 0. The zero-order chi connectivity index (χ0) is 18.1. The molecule has 0 unspecified atom stereocenters. The van der Waals surface area contributed by atoms with Crippen molar-refractivity contribution < 1.29 is 9.26 Å². The van der Waals surface area contributed by atoms with E-state index in [0.717, 1.165) is 15.7 Å². The zero-order valence-corrected chi connectivity index (χ0v) is 17.0. The monoisotopic (exact) mass is 436 g/mol. The van der Waals surface area contributed by atoms with Crippen LogP contribution in [0.1, 0.15) is 50.4 Å². The van der Waals surface area contributed by atoms with Gasteiger partial charge in [-0.15, -0.1) is 0 Å². The average Bonchev–Trinajstić information content (AvgIpc) is 3.06. The van der Waals surface area contributed by atoms with Crippen LogP contribution in [0.3, 0.4) is 0 Å². The molecule has 7 heteroatoms. The third-order valence-electron chi connectivity index (χ3n) is 5.12. The van der Waals surface area contributed by atoms with Crippen molar-refractivity contribution in [1.29, 1.82) is 0 Å². The molecule has 1 aromatic carbocycles. The van der Waals surface area contributed by atoms with Crippen LogP contribution in [0.4, 0.5) is 0 Å². The third-order valence-corrected chi connectivity index (χ3v) is 6.97. The first-order chi connectivity index (χ1) is 12.6. The summed E-state index contributed by atoms with van der Waals surface area (Å²) in [6, 6.07) is 7.98. The minimum Gasteiger partial charge on any atom is -0.352 e. The van der Waals surface area contributed by atoms with Crippen LogP contribution in [0, 0.1) is 5.92 Å². The van der Waals surface area contributed by atoms with Crippen molar-refractivity contribution >= 4 is 33.4 Å². The Morgan fingerprint density at radius 2 is 2.04 bits per heavy atom. The fourth-order valence-corrected chi connectivity index (χ4v) is 5.03. The normalized spacial score (nSPS) is 23.5. The van der Waals surface area contributed by atoms with E-state index < -0.39 is 10.7 Å². The number of nitrogens with zero attached hydrogens (tertiary/aromatic N) is 2. The molecule has 2 aliphatic rings. The Bertz CT molecular complexity index is 868. The quantitative estimate of drug-likeness (QED) is 0.677. The predicted octanol–water partition coefficient (Wildman–Crippen LogP) is 4.96. The number of hydrogen-bond acceptors (Lipinski definition) is 5. The van der Waals surface area contributed by atoms with Gasteiger partial charge in [0.25, 0.3) is 0 Å². The molecule has 138 valence electrons. The Hall–Kier alpha value is -1.31. The number of rotatable bonds is 4. The molecule has 26 heavy (non-hydrogen) atoms. The molecule has 4 rings (SSSR count). The van der Waals surface area contributed by atoms with Crippen LogP contribution < -0.4 is 5.76 Å². The number of aromatic nitrogens is 2. The van der Waals surface area contributed by atoms with Gasteiger partial charge < -0.3 is 4.74 Å². The molecular formula is C19H21BrN2O3S. The van der Waals surface area contributed by atoms with E-state index in [1.807, 2.05) is 36.6 Å². The molecule has 0 N–H and O–H groups in total. The first-order valence-corrected chi connectivity index (χ1v) is 10.6. The molecule has 0 bridgehead atoms. The minimum atomic E-state index is -0.871. The summed E-state index contributed by atoms with van der Waals surface area (Å²) in [5.41, 5.74) is 1.75. The summed E-state index contributed by atoms with van der Waals surface area (Å²) in [6.07, 6.45) is 6.23. The highest BCUT2D eigenvalue weighted by atomic mass is 79.9. The number of benzene rings is 1. The summed E-state index contributed by atoms with van der Waals surface area (Å²) in [5.74, 6) is 0.582. The van der Waals surface area contributed by atoms with Gasteiger partial charge in [-0.05, 0) is 43.2 Å². The van der Waals surface area contributed by atoms with E-state index in [1.54, 1.807) is 11.8 Å². The van der Waals surface area contributed by atoms with Gasteiger partial charge in [0.1, 0.15) is 0 Å². The van der Waals surface area contributed by atoms with E-state index >= 15 is 0 Å². The maximum absolute atomic E-state index is 12.2. The maximum atomic E-state index is 12.2. The molecule has 1 aliphatic carbocycles. The molecule has 0 amide bonds. The van der Waals surface area contributed by atoms with E-state index in [-0.39, 0.29) is 0 Å². The Kier molecular flexibility index (Phi) is 5.12. The van der Waals surface area contributed by atoms with Crippen LogP contribution in [0.25, 0.3) is 5.70 Å². The highest BCUT2D eigenvalue weighted by Gasteiger charge is 2.45. The SMILES string of the molecule is CC1=CS[C@@](OCC2CCCCC2)(c2ccc(Br)cc2)c2noc(=O)n21. The summed E-state index contributed by atoms with van der Waals surface area (Å²) < 4.78 is 14.0. The topological polar surface area (TPSA) is 57.3 Å². The molecule has 5 nitrogen and oxygen atoms in total. The Labute approximate surface area is 164 Å². The van der Waals surface area contributed by atoms with E-state index in [0.29, 0.717) is 18.3 Å². The van der Waals surface area contributed by atoms with Gasteiger partial charge in [-0.2, -0.15) is 0 Å². The Balaban J connectivity index is 1.75. The largest absolute Gasteiger partial charge is 0.446 e. The molecule has 2 heterocycles. The van der Waals surface area contributed by atoms with Crippen molar-refractivity contribution in [2.75, 3.05) is 6.61 Å². The summed E-state index contributed by atoms with van der Waals surface area (Å²) in [6.45, 7) is 2.53. The second kappa shape index (κ2) is 7.37. The standard InChI is InChI=1S/C19H21BrN2O3S/c1-13-12-26-19(15-7-9-16(20)10-8-15,17-21-25-18(23)22(13)17)24-11-14-5-3-2-4-6-14/h7-10,12,14H,2-6,11H2,1H3/t19-/m0/s1. The van der Waals surface area contributed by atoms with Crippen molar-refractivity contribution in [1.82, 2.24) is 9.72 Å². The smallest absolute Gasteiger partial charge is 0.352 e. The molecular weight excluding hydrogens is 416 g/mol. The Morgan fingerprint density at radius 3 is 2.77 bits per heavy atom. The molecule has 1 saturated carbocycles. The van der Waals surface area contributed by atoms with Gasteiger partial charge in [0.15, 0.2) is 0 Å². The zero-order valence-electron chi connectivity index (χ0n) is 14.6. The predicted molar refractivity (Wildman–Crippen MR) is 106 cm³/mol. The van der Waals surface area contributed by atoms with E-state index in [2.05, 4.69) is 21.1 Å². The second-order valence-corrected chi connectivity index (χ2v) is 8.89. The molecule has 0 saturated heterocycles. The Morgan fingerprint density at radius 1 is 1.31 bits per heavy atom. The van der Waals surface area contributed by atoms with Gasteiger partial charge in [-0.25, -0.2) is 9.36 Å². The highest BCUT2D eigenvalue weighted by Crippen LogP contribution is 2.48. The van der Waals surface area contributed by atoms with E-state index in [9.17, 15) is 4.79 Å². The number of allylic oxidation sites excluding steroid dienone is 1. The van der Waals surface area contributed by atoms with Gasteiger partial charge in [0.05, 0.1) is 6.61 Å². The maximum Gasteiger partial charge on any atom is 0.446 e. The van der Waals surface area contributed by atoms with Gasteiger partial charge >= 0.3 is 5.76 Å². The van der Waals surface area contributed by atoms with Crippen molar-refractivity contribution in [3.63, 3.8) is 0 Å². The first-order valence-electron chi connectivity index (χ1n) is 8.94. The average molecular weight is 437 g/mol. The van der Waals surface area contributed by atoms with Gasteiger partial charge in [-0.3, -0.25) is 4.52 Å². The summed E-state index contributed by atoms with van der Waals surface area (Å²) in [4.78, 5) is 11.3. The van der Waals surface area contributed by atoms with E-state index in [1.165, 1.54) is 36.7 Å². The van der Waals surface area contributed by atoms with Crippen LogP contribution in [0.15, 0.2) is 43.5 Å².